The first-order valence-electron chi connectivity index (χ1n) is 4.69. The van der Waals surface area contributed by atoms with Crippen LogP contribution in [-0.4, -0.2) is 37.0 Å². The predicted molar refractivity (Wildman–Crippen MR) is 48.8 cm³/mol. The van der Waals surface area contributed by atoms with Gasteiger partial charge in [-0.2, -0.15) is 4.31 Å². The standard InChI is InChI=1S/C8H15NO4S/c1-2-6-14(12,13)9-5-3-4-7(9)8(10)11/h7H,2-6H2,1H3,(H,10,11)/p-1/t7-/m1/s1. The van der Waals surface area contributed by atoms with Crippen molar-refractivity contribution in [3.8, 4) is 0 Å². The summed E-state index contributed by atoms with van der Waals surface area (Å²) in [6.07, 6.45) is 1.46. The van der Waals surface area contributed by atoms with Crippen molar-refractivity contribution in [2.75, 3.05) is 12.3 Å². The molecule has 1 aliphatic heterocycles. The molecule has 0 unspecified atom stereocenters. The number of nitrogens with zero attached hydrogens (tertiary/aromatic N) is 1. The highest BCUT2D eigenvalue weighted by atomic mass is 32.2. The molecule has 14 heavy (non-hydrogen) atoms. The van der Waals surface area contributed by atoms with Crippen LogP contribution in [0.1, 0.15) is 26.2 Å². The Morgan fingerprint density at radius 3 is 2.71 bits per heavy atom. The first-order chi connectivity index (χ1) is 6.49. The van der Waals surface area contributed by atoms with Gasteiger partial charge in [0.1, 0.15) is 0 Å². The molecule has 0 aliphatic carbocycles. The summed E-state index contributed by atoms with van der Waals surface area (Å²) in [5, 5.41) is 10.6. The lowest BCUT2D eigenvalue weighted by Gasteiger charge is -2.24. The molecule has 1 atom stereocenters. The van der Waals surface area contributed by atoms with Crippen LogP contribution in [0.2, 0.25) is 0 Å². The second-order valence-corrected chi connectivity index (χ2v) is 5.44. The summed E-state index contributed by atoms with van der Waals surface area (Å²) in [5.74, 6) is -1.28. The van der Waals surface area contributed by atoms with E-state index in [0.717, 1.165) is 4.31 Å². The van der Waals surface area contributed by atoms with Crippen LogP contribution in [0.25, 0.3) is 0 Å². The number of hydrogen-bond acceptors (Lipinski definition) is 4. The molecule has 1 saturated heterocycles. The van der Waals surface area contributed by atoms with Crippen LogP contribution >= 0.6 is 0 Å². The number of carboxylic acids is 1. The molecular formula is C8H14NO4S-. The van der Waals surface area contributed by atoms with E-state index in [1.54, 1.807) is 6.92 Å². The van der Waals surface area contributed by atoms with Gasteiger partial charge in [0.15, 0.2) is 0 Å². The fourth-order valence-electron chi connectivity index (χ4n) is 1.68. The third-order valence-corrected chi connectivity index (χ3v) is 4.37. The van der Waals surface area contributed by atoms with Crippen molar-refractivity contribution < 1.29 is 18.3 Å². The van der Waals surface area contributed by atoms with Crippen LogP contribution < -0.4 is 5.11 Å². The van der Waals surface area contributed by atoms with Gasteiger partial charge in [-0.3, -0.25) is 0 Å². The first kappa shape index (κ1) is 11.5. The Hall–Kier alpha value is -0.620. The van der Waals surface area contributed by atoms with Crippen molar-refractivity contribution in [1.29, 1.82) is 0 Å². The smallest absolute Gasteiger partial charge is 0.214 e. The summed E-state index contributed by atoms with van der Waals surface area (Å²) in [7, 11) is -3.39. The molecule has 0 saturated carbocycles. The molecule has 0 N–H and O–H groups in total. The molecule has 0 radical (unpaired) electrons. The van der Waals surface area contributed by atoms with E-state index in [2.05, 4.69) is 0 Å². The normalized spacial score (nSPS) is 23.9. The number of carboxylic acid groups (broad SMARTS) is 1. The zero-order valence-electron chi connectivity index (χ0n) is 8.10. The van der Waals surface area contributed by atoms with E-state index >= 15 is 0 Å². The Kier molecular flexibility index (Phi) is 3.49. The van der Waals surface area contributed by atoms with Gasteiger partial charge in [0.2, 0.25) is 10.0 Å². The highest BCUT2D eigenvalue weighted by molar-refractivity contribution is 7.89. The van der Waals surface area contributed by atoms with Gasteiger partial charge in [-0.15, -0.1) is 0 Å². The Balaban J connectivity index is 2.81. The summed E-state index contributed by atoms with van der Waals surface area (Å²) < 4.78 is 24.2. The van der Waals surface area contributed by atoms with Crippen LogP contribution in [0, 0.1) is 0 Å². The summed E-state index contributed by atoms with van der Waals surface area (Å²) >= 11 is 0. The largest absolute Gasteiger partial charge is 0.548 e. The lowest BCUT2D eigenvalue weighted by atomic mass is 10.2. The van der Waals surface area contributed by atoms with Gasteiger partial charge in [0, 0.05) is 6.54 Å². The fourth-order valence-corrected chi connectivity index (χ4v) is 3.42. The van der Waals surface area contributed by atoms with Crippen LogP contribution in [-0.2, 0) is 14.8 Å². The fraction of sp³-hybridized carbons (Fsp3) is 0.875. The summed E-state index contributed by atoms with van der Waals surface area (Å²) in [6, 6.07) is -0.952. The number of aliphatic carboxylic acids is 1. The third-order valence-electron chi connectivity index (χ3n) is 2.30. The van der Waals surface area contributed by atoms with E-state index in [4.69, 9.17) is 0 Å². The molecule has 1 rings (SSSR count). The lowest BCUT2D eigenvalue weighted by Crippen LogP contribution is -2.47. The maximum Gasteiger partial charge on any atom is 0.214 e. The Morgan fingerprint density at radius 1 is 1.57 bits per heavy atom. The Bertz CT molecular complexity index is 311. The zero-order chi connectivity index (χ0) is 10.8. The number of rotatable bonds is 4. The van der Waals surface area contributed by atoms with Crippen LogP contribution in [0.15, 0.2) is 0 Å². The van der Waals surface area contributed by atoms with E-state index < -0.39 is 22.0 Å². The molecule has 0 aromatic rings. The molecule has 0 spiro atoms. The maximum atomic E-state index is 11.6. The second-order valence-electron chi connectivity index (χ2n) is 3.40. The Labute approximate surface area is 83.8 Å². The van der Waals surface area contributed by atoms with Gasteiger partial charge in [0.05, 0.1) is 17.8 Å². The molecule has 0 aromatic carbocycles. The molecule has 0 bridgehead atoms. The lowest BCUT2D eigenvalue weighted by molar-refractivity contribution is -0.309. The van der Waals surface area contributed by atoms with E-state index in [9.17, 15) is 18.3 Å². The Morgan fingerprint density at radius 2 is 2.21 bits per heavy atom. The topological polar surface area (TPSA) is 77.5 Å². The minimum atomic E-state index is -3.39. The van der Waals surface area contributed by atoms with E-state index in [1.165, 1.54) is 0 Å². The van der Waals surface area contributed by atoms with Gasteiger partial charge in [-0.05, 0) is 19.3 Å². The van der Waals surface area contributed by atoms with E-state index in [-0.39, 0.29) is 5.75 Å². The van der Waals surface area contributed by atoms with Crippen molar-refractivity contribution >= 4 is 16.0 Å². The van der Waals surface area contributed by atoms with E-state index in [1.807, 2.05) is 0 Å². The number of carbonyl (C=O) groups is 1. The van der Waals surface area contributed by atoms with Crippen molar-refractivity contribution in [1.82, 2.24) is 4.31 Å². The summed E-state index contributed by atoms with van der Waals surface area (Å²) in [4.78, 5) is 10.6. The number of sulfonamides is 1. The molecule has 82 valence electrons. The SMILES string of the molecule is CCCS(=O)(=O)N1CCC[C@@H]1C(=O)[O-]. The number of hydrogen-bond donors (Lipinski definition) is 0. The second kappa shape index (κ2) is 4.27. The minimum Gasteiger partial charge on any atom is -0.548 e. The van der Waals surface area contributed by atoms with Crippen molar-refractivity contribution in [3.63, 3.8) is 0 Å². The van der Waals surface area contributed by atoms with Crippen molar-refractivity contribution in [3.05, 3.63) is 0 Å². The average molecular weight is 220 g/mol. The molecule has 1 fully saturated rings. The summed E-state index contributed by atoms with van der Waals surface area (Å²) in [6.45, 7) is 2.06. The first-order valence-corrected chi connectivity index (χ1v) is 6.30. The maximum absolute atomic E-state index is 11.6. The molecule has 1 aliphatic rings. The molecule has 6 heteroatoms. The monoisotopic (exact) mass is 220 g/mol. The highest BCUT2D eigenvalue weighted by Gasteiger charge is 2.34. The molecule has 0 amide bonds. The number of carbonyl (C=O) groups excluding carboxylic acids is 1. The van der Waals surface area contributed by atoms with Crippen molar-refractivity contribution in [2.24, 2.45) is 0 Å². The van der Waals surface area contributed by atoms with Crippen LogP contribution in [0.4, 0.5) is 0 Å². The minimum absolute atomic E-state index is 0.0107. The van der Waals surface area contributed by atoms with Gasteiger partial charge < -0.3 is 9.90 Å². The molecule has 0 aromatic heterocycles. The predicted octanol–water partition coefficient (Wildman–Crippen LogP) is -1.06. The average Bonchev–Trinajstić information content (AvgIpc) is 2.51. The van der Waals surface area contributed by atoms with Gasteiger partial charge in [-0.25, -0.2) is 8.42 Å². The van der Waals surface area contributed by atoms with Gasteiger partial charge in [0.25, 0.3) is 0 Å². The third kappa shape index (κ3) is 2.24. The van der Waals surface area contributed by atoms with Crippen LogP contribution in [0.5, 0.6) is 0 Å². The quantitative estimate of drug-likeness (QED) is 0.605. The van der Waals surface area contributed by atoms with Gasteiger partial charge >= 0.3 is 0 Å². The zero-order valence-corrected chi connectivity index (χ0v) is 8.92. The molecular weight excluding hydrogens is 206 g/mol. The summed E-state index contributed by atoms with van der Waals surface area (Å²) in [5.41, 5.74) is 0. The highest BCUT2D eigenvalue weighted by Crippen LogP contribution is 2.21. The van der Waals surface area contributed by atoms with Crippen molar-refractivity contribution in [2.45, 2.75) is 32.2 Å². The van der Waals surface area contributed by atoms with Crippen LogP contribution in [0.3, 0.4) is 0 Å². The van der Waals surface area contributed by atoms with E-state index in [0.29, 0.717) is 25.8 Å². The van der Waals surface area contributed by atoms with Gasteiger partial charge in [-0.1, -0.05) is 6.92 Å². The molecule has 5 nitrogen and oxygen atoms in total. The molecule has 1 heterocycles.